The molecule has 2 aromatic rings. The lowest BCUT2D eigenvalue weighted by Gasteiger charge is -2.26. The monoisotopic (exact) mass is 580 g/mol. The number of carbonyl (C=O) groups is 3. The number of anilines is 1. The van der Waals surface area contributed by atoms with Gasteiger partial charge in [-0.2, -0.15) is 5.10 Å². The van der Waals surface area contributed by atoms with E-state index in [1.807, 2.05) is 32.0 Å². The van der Waals surface area contributed by atoms with E-state index in [0.29, 0.717) is 30.3 Å². The molecule has 3 atom stereocenters. The average Bonchev–Trinajstić information content (AvgIpc) is 3.84. The second-order valence-electron chi connectivity index (χ2n) is 12.1. The number of aryl methyl sites for hydroxylation is 1. The molecule has 9 nitrogen and oxygen atoms in total. The van der Waals surface area contributed by atoms with Crippen LogP contribution in [0.1, 0.15) is 86.1 Å². The molecule has 1 aliphatic heterocycles. The first-order chi connectivity index (χ1) is 20.2. The van der Waals surface area contributed by atoms with Crippen LogP contribution in [-0.2, 0) is 16.0 Å². The summed E-state index contributed by atoms with van der Waals surface area (Å²) in [7, 11) is 0. The number of aromatic nitrogens is 2. The van der Waals surface area contributed by atoms with Crippen LogP contribution in [0.3, 0.4) is 0 Å². The maximum atomic E-state index is 13.8. The third-order valence-electron chi connectivity index (χ3n) is 8.76. The Balaban J connectivity index is 1.17. The van der Waals surface area contributed by atoms with Crippen molar-refractivity contribution in [2.75, 3.05) is 18.4 Å². The van der Waals surface area contributed by atoms with Crippen molar-refractivity contribution in [1.82, 2.24) is 25.3 Å². The summed E-state index contributed by atoms with van der Waals surface area (Å²) in [6.45, 7) is 3.95. The largest absolute Gasteiger partial charge is 0.335 e. The molecule has 3 amide bonds. The standard InChI is InChI=1S/C31H38F2N6O3/c1-17(2)39-25(11-13-35-39)29(40)37-28(27(18-3-4-18)19-5-6-19)30(41)36-21-8-9-22-20(15-21)7-10-24(22)38-14-12-23(31(38)42)34-16-26(32)33/h8-9,11,13,15,17-18,23-24,26,28,34H,3-7,10,12,14,16H2,1-2H3,(H,36,41)(H,37,40)/t23-,24+,28-/m0/s1. The number of allylic oxidation sites excluding steroid dienone is 1. The zero-order chi connectivity index (χ0) is 29.5. The number of hydrogen-bond acceptors (Lipinski definition) is 5. The summed E-state index contributed by atoms with van der Waals surface area (Å²) < 4.78 is 26.9. The third-order valence-corrected chi connectivity index (χ3v) is 8.76. The van der Waals surface area contributed by atoms with Crippen LogP contribution < -0.4 is 16.0 Å². The highest BCUT2D eigenvalue weighted by molar-refractivity contribution is 6.02. The van der Waals surface area contributed by atoms with Gasteiger partial charge in [0.05, 0.1) is 18.6 Å². The maximum absolute atomic E-state index is 13.8. The summed E-state index contributed by atoms with van der Waals surface area (Å²) in [6, 6.07) is 5.98. The van der Waals surface area contributed by atoms with E-state index < -0.39 is 25.1 Å². The second-order valence-corrected chi connectivity index (χ2v) is 12.1. The van der Waals surface area contributed by atoms with E-state index in [1.165, 1.54) is 5.57 Å². The normalized spacial score (nSPS) is 22.1. The Kier molecular flexibility index (Phi) is 7.87. The van der Waals surface area contributed by atoms with Gasteiger partial charge in [0.1, 0.15) is 11.7 Å². The highest BCUT2D eigenvalue weighted by Gasteiger charge is 2.41. The number of halogens is 2. The summed E-state index contributed by atoms with van der Waals surface area (Å²) >= 11 is 0. The Morgan fingerprint density at radius 3 is 2.55 bits per heavy atom. The smallest absolute Gasteiger partial charge is 0.270 e. The molecule has 224 valence electrons. The molecule has 1 aromatic heterocycles. The van der Waals surface area contributed by atoms with Gasteiger partial charge < -0.3 is 20.9 Å². The molecule has 3 fully saturated rings. The number of benzene rings is 1. The van der Waals surface area contributed by atoms with Gasteiger partial charge in [-0.1, -0.05) is 11.6 Å². The number of carbonyl (C=O) groups excluding carboxylic acids is 3. The molecule has 0 radical (unpaired) electrons. The molecular weight excluding hydrogens is 542 g/mol. The van der Waals surface area contributed by atoms with Crippen LogP contribution >= 0.6 is 0 Å². The highest BCUT2D eigenvalue weighted by Crippen LogP contribution is 2.46. The van der Waals surface area contributed by atoms with E-state index >= 15 is 0 Å². The Labute approximate surface area is 244 Å². The Hall–Kier alpha value is -3.60. The number of nitrogens with zero attached hydrogens (tertiary/aromatic N) is 3. The molecule has 1 aromatic carbocycles. The summed E-state index contributed by atoms with van der Waals surface area (Å²) in [4.78, 5) is 41.9. The molecular formula is C31H38F2N6O3. The van der Waals surface area contributed by atoms with Gasteiger partial charge in [0.25, 0.3) is 18.2 Å². The van der Waals surface area contributed by atoms with Gasteiger partial charge in [-0.15, -0.1) is 0 Å². The van der Waals surface area contributed by atoms with Crippen molar-refractivity contribution < 1.29 is 23.2 Å². The van der Waals surface area contributed by atoms with Crippen LogP contribution in [0.5, 0.6) is 0 Å². The molecule has 11 heteroatoms. The predicted octanol–water partition coefficient (Wildman–Crippen LogP) is 4.14. The number of alkyl halides is 2. The molecule has 2 saturated carbocycles. The molecule has 1 saturated heterocycles. The fraction of sp³-hybridized carbons (Fsp3) is 0.548. The summed E-state index contributed by atoms with van der Waals surface area (Å²) in [5.41, 5.74) is 5.47. The Morgan fingerprint density at radius 1 is 1.07 bits per heavy atom. The van der Waals surface area contributed by atoms with Gasteiger partial charge in [0.2, 0.25) is 5.91 Å². The fourth-order valence-corrected chi connectivity index (χ4v) is 6.51. The minimum absolute atomic E-state index is 0.00333. The summed E-state index contributed by atoms with van der Waals surface area (Å²) in [5.74, 6) is -0.401. The first kappa shape index (κ1) is 28.5. The van der Waals surface area contributed by atoms with Gasteiger partial charge in [-0.3, -0.25) is 19.1 Å². The quantitative estimate of drug-likeness (QED) is 0.346. The topological polar surface area (TPSA) is 108 Å². The van der Waals surface area contributed by atoms with Crippen molar-refractivity contribution in [2.24, 2.45) is 5.92 Å². The van der Waals surface area contributed by atoms with E-state index in [4.69, 9.17) is 0 Å². The summed E-state index contributed by atoms with van der Waals surface area (Å²) in [6.07, 6.45) is 5.08. The van der Waals surface area contributed by atoms with Crippen LogP contribution in [0.4, 0.5) is 14.5 Å². The van der Waals surface area contributed by atoms with Crippen LogP contribution in [0.25, 0.3) is 0 Å². The van der Waals surface area contributed by atoms with Gasteiger partial charge in [-0.05, 0) is 99.6 Å². The molecule has 42 heavy (non-hydrogen) atoms. The minimum atomic E-state index is -2.50. The highest BCUT2D eigenvalue weighted by atomic mass is 19.3. The van der Waals surface area contributed by atoms with E-state index in [1.54, 1.807) is 21.8 Å². The van der Waals surface area contributed by atoms with Crippen molar-refractivity contribution in [3.8, 4) is 0 Å². The number of likely N-dealkylation sites (tertiary alicyclic amines) is 1. The van der Waals surface area contributed by atoms with Gasteiger partial charge in [0.15, 0.2) is 0 Å². The molecule has 4 aliphatic rings. The number of nitrogens with one attached hydrogen (secondary N) is 3. The Bertz CT molecular complexity index is 1410. The minimum Gasteiger partial charge on any atom is -0.335 e. The van der Waals surface area contributed by atoms with Crippen molar-refractivity contribution in [3.63, 3.8) is 0 Å². The third kappa shape index (κ3) is 5.84. The van der Waals surface area contributed by atoms with Gasteiger partial charge in [-0.25, -0.2) is 8.78 Å². The van der Waals surface area contributed by atoms with Crippen LogP contribution in [0.15, 0.2) is 41.6 Å². The second kappa shape index (κ2) is 11.6. The van der Waals surface area contributed by atoms with E-state index in [9.17, 15) is 23.2 Å². The molecule has 2 heterocycles. The SMILES string of the molecule is CC(C)n1nccc1C(=O)N[C@H](C(=O)Nc1ccc2c(c1)CC[C@H]2N1CC[C@H](NCC(F)F)C1=O)C(=C1CC1)C1CC1. The Morgan fingerprint density at radius 2 is 1.86 bits per heavy atom. The lowest BCUT2D eigenvalue weighted by molar-refractivity contribution is -0.131. The number of amides is 3. The lowest BCUT2D eigenvalue weighted by atomic mass is 9.99. The number of fused-ring (bicyclic) bond motifs is 1. The molecule has 0 unspecified atom stereocenters. The number of rotatable bonds is 11. The molecule has 3 N–H and O–H groups in total. The summed E-state index contributed by atoms with van der Waals surface area (Å²) in [5, 5.41) is 13.1. The maximum Gasteiger partial charge on any atom is 0.270 e. The molecule has 3 aliphatic carbocycles. The predicted molar refractivity (Wildman–Crippen MR) is 153 cm³/mol. The van der Waals surface area contributed by atoms with Gasteiger partial charge >= 0.3 is 0 Å². The van der Waals surface area contributed by atoms with Crippen LogP contribution in [0, 0.1) is 5.92 Å². The van der Waals surface area contributed by atoms with Crippen molar-refractivity contribution in [3.05, 3.63) is 58.4 Å². The first-order valence-corrected chi connectivity index (χ1v) is 15.0. The molecule has 0 bridgehead atoms. The zero-order valence-electron chi connectivity index (χ0n) is 24.0. The zero-order valence-corrected chi connectivity index (χ0v) is 24.0. The van der Waals surface area contributed by atoms with E-state index in [2.05, 4.69) is 21.0 Å². The molecule has 6 rings (SSSR count). The van der Waals surface area contributed by atoms with E-state index in [-0.39, 0.29) is 29.8 Å². The first-order valence-electron chi connectivity index (χ1n) is 15.0. The lowest BCUT2D eigenvalue weighted by Crippen LogP contribution is -2.46. The average molecular weight is 581 g/mol. The van der Waals surface area contributed by atoms with Gasteiger partial charge in [0, 0.05) is 24.5 Å². The van der Waals surface area contributed by atoms with Crippen molar-refractivity contribution in [1.29, 1.82) is 0 Å². The van der Waals surface area contributed by atoms with Crippen molar-refractivity contribution in [2.45, 2.75) is 89.4 Å². The van der Waals surface area contributed by atoms with Crippen LogP contribution in [0.2, 0.25) is 0 Å². The fourth-order valence-electron chi connectivity index (χ4n) is 6.51. The molecule has 0 spiro atoms. The van der Waals surface area contributed by atoms with E-state index in [0.717, 1.165) is 55.2 Å². The number of hydrogen-bond donors (Lipinski definition) is 3. The van der Waals surface area contributed by atoms with Crippen LogP contribution in [-0.4, -0.2) is 64.0 Å². The van der Waals surface area contributed by atoms with Crippen molar-refractivity contribution >= 4 is 23.4 Å².